The minimum absolute atomic E-state index is 0.0638. The molecular formula is C14H21ClO. The fourth-order valence-corrected chi connectivity index (χ4v) is 1.31. The Bertz CT molecular complexity index is 288. The number of hydrogen-bond donors (Lipinski definition) is 1. The van der Waals surface area contributed by atoms with E-state index in [1.54, 1.807) is 6.08 Å². The lowest BCUT2D eigenvalue weighted by atomic mass is 10.1. The molecule has 0 aromatic heterocycles. The summed E-state index contributed by atoms with van der Waals surface area (Å²) in [6, 6.07) is 0. The summed E-state index contributed by atoms with van der Waals surface area (Å²) < 4.78 is 0. The second-order valence-corrected chi connectivity index (χ2v) is 4.20. The van der Waals surface area contributed by atoms with Gasteiger partial charge in [0.2, 0.25) is 0 Å². The number of rotatable bonds is 6. The highest BCUT2D eigenvalue weighted by atomic mass is 35.5. The zero-order valence-electron chi connectivity index (χ0n) is 10.2. The van der Waals surface area contributed by atoms with Gasteiger partial charge in [-0.1, -0.05) is 23.5 Å². The first-order valence-electron chi connectivity index (χ1n) is 5.68. The number of aliphatic hydroxyl groups is 1. The Balaban J connectivity index is 4.11. The van der Waals surface area contributed by atoms with Crippen LogP contribution in [0.5, 0.6) is 0 Å². The smallest absolute Gasteiger partial charge is 0.0624 e. The van der Waals surface area contributed by atoms with Crippen LogP contribution in [0.25, 0.3) is 0 Å². The predicted molar refractivity (Wildman–Crippen MR) is 71.6 cm³/mol. The molecule has 0 aromatic rings. The second-order valence-electron chi connectivity index (χ2n) is 3.83. The maximum Gasteiger partial charge on any atom is 0.0624 e. The number of aliphatic hydroxyl groups excluding tert-OH is 1. The van der Waals surface area contributed by atoms with Crippen LogP contribution in [-0.4, -0.2) is 17.6 Å². The van der Waals surface area contributed by atoms with Crippen molar-refractivity contribution in [2.45, 2.75) is 39.5 Å². The lowest BCUT2D eigenvalue weighted by molar-refractivity contribution is 0.342. The van der Waals surface area contributed by atoms with E-state index in [-0.39, 0.29) is 6.61 Å². The molecule has 0 saturated heterocycles. The van der Waals surface area contributed by atoms with Crippen molar-refractivity contribution in [2.75, 3.05) is 12.5 Å². The number of hydrogen-bond acceptors (Lipinski definition) is 1. The van der Waals surface area contributed by atoms with Gasteiger partial charge in [-0.3, -0.25) is 0 Å². The maximum atomic E-state index is 8.87. The number of allylic oxidation sites excluding steroid dienone is 3. The highest BCUT2D eigenvalue weighted by Crippen LogP contribution is 2.06. The van der Waals surface area contributed by atoms with Crippen LogP contribution in [0, 0.1) is 11.8 Å². The Kier molecular flexibility index (Phi) is 10.3. The standard InChI is InChI=1S/C14H21ClO/c1-13(2)7-6-9-14(10-12-16)8-4-3-5-11-15/h7,10,16H,3,5-6,9,11-12H2,1-2H3/b14-10+. The zero-order chi connectivity index (χ0) is 12.2. The third kappa shape index (κ3) is 9.83. The molecule has 0 aromatic carbocycles. The summed E-state index contributed by atoms with van der Waals surface area (Å²) in [6.45, 7) is 4.23. The van der Waals surface area contributed by atoms with Crippen molar-refractivity contribution in [1.82, 2.24) is 0 Å². The van der Waals surface area contributed by atoms with E-state index in [9.17, 15) is 0 Å². The van der Waals surface area contributed by atoms with Gasteiger partial charge >= 0.3 is 0 Å². The van der Waals surface area contributed by atoms with Gasteiger partial charge in [-0.15, -0.1) is 11.6 Å². The molecule has 2 heteroatoms. The molecule has 90 valence electrons. The summed E-state index contributed by atoms with van der Waals surface area (Å²) in [5.74, 6) is 6.83. The first-order valence-corrected chi connectivity index (χ1v) is 6.22. The molecule has 0 rings (SSSR count). The van der Waals surface area contributed by atoms with Gasteiger partial charge in [0.05, 0.1) is 6.61 Å². The Labute approximate surface area is 104 Å². The zero-order valence-corrected chi connectivity index (χ0v) is 11.0. The van der Waals surface area contributed by atoms with Gasteiger partial charge in [0.15, 0.2) is 0 Å². The van der Waals surface area contributed by atoms with E-state index >= 15 is 0 Å². The molecule has 0 saturated carbocycles. The molecule has 1 N–H and O–H groups in total. The van der Waals surface area contributed by atoms with E-state index in [1.807, 2.05) is 0 Å². The quantitative estimate of drug-likeness (QED) is 0.325. The summed E-state index contributed by atoms with van der Waals surface area (Å²) in [7, 11) is 0. The van der Waals surface area contributed by atoms with E-state index in [0.717, 1.165) is 31.3 Å². The molecule has 1 nitrogen and oxygen atoms in total. The van der Waals surface area contributed by atoms with Gasteiger partial charge in [0.1, 0.15) is 0 Å². The Morgan fingerprint density at radius 3 is 2.62 bits per heavy atom. The molecule has 0 aliphatic carbocycles. The molecule has 0 heterocycles. The average Bonchev–Trinajstić information content (AvgIpc) is 2.23. The summed E-state index contributed by atoms with van der Waals surface area (Å²) in [5.41, 5.74) is 2.34. The second kappa shape index (κ2) is 10.8. The normalized spacial score (nSPS) is 10.6. The molecule has 0 fully saturated rings. The molecule has 16 heavy (non-hydrogen) atoms. The van der Waals surface area contributed by atoms with Gasteiger partial charge in [0, 0.05) is 17.9 Å². The third-order valence-electron chi connectivity index (χ3n) is 1.99. The van der Waals surface area contributed by atoms with E-state index in [1.165, 1.54) is 5.57 Å². The fraction of sp³-hybridized carbons (Fsp3) is 0.571. The molecule has 0 spiro atoms. The van der Waals surface area contributed by atoms with Crippen molar-refractivity contribution in [3.8, 4) is 11.8 Å². The maximum absolute atomic E-state index is 8.87. The Morgan fingerprint density at radius 2 is 2.06 bits per heavy atom. The van der Waals surface area contributed by atoms with Crippen LogP contribution in [0.3, 0.4) is 0 Å². The lowest BCUT2D eigenvalue weighted by Gasteiger charge is -1.97. The van der Waals surface area contributed by atoms with Crippen molar-refractivity contribution in [2.24, 2.45) is 0 Å². The van der Waals surface area contributed by atoms with Crippen LogP contribution >= 0.6 is 11.6 Å². The summed E-state index contributed by atoms with van der Waals surface area (Å²) in [5, 5.41) is 8.87. The molecule has 0 radical (unpaired) electrons. The van der Waals surface area contributed by atoms with E-state index in [0.29, 0.717) is 5.88 Å². The Hall–Kier alpha value is -0.710. The number of halogens is 1. The van der Waals surface area contributed by atoms with Crippen LogP contribution in [0.4, 0.5) is 0 Å². The lowest BCUT2D eigenvalue weighted by Crippen LogP contribution is -1.84. The molecular weight excluding hydrogens is 220 g/mol. The van der Waals surface area contributed by atoms with Crippen molar-refractivity contribution in [3.63, 3.8) is 0 Å². The summed E-state index contributed by atoms with van der Waals surface area (Å²) in [6.07, 6.45) is 7.61. The first kappa shape index (κ1) is 15.3. The van der Waals surface area contributed by atoms with Gasteiger partial charge in [-0.25, -0.2) is 0 Å². The van der Waals surface area contributed by atoms with Crippen molar-refractivity contribution >= 4 is 11.6 Å². The van der Waals surface area contributed by atoms with Crippen LogP contribution in [0.2, 0.25) is 0 Å². The third-order valence-corrected chi connectivity index (χ3v) is 2.26. The highest BCUT2D eigenvalue weighted by molar-refractivity contribution is 6.17. The monoisotopic (exact) mass is 240 g/mol. The van der Waals surface area contributed by atoms with Crippen LogP contribution in [-0.2, 0) is 0 Å². The molecule has 0 unspecified atom stereocenters. The highest BCUT2D eigenvalue weighted by Gasteiger charge is 1.91. The van der Waals surface area contributed by atoms with Crippen molar-refractivity contribution in [1.29, 1.82) is 0 Å². The minimum Gasteiger partial charge on any atom is -0.392 e. The molecule has 0 aliphatic rings. The average molecular weight is 241 g/mol. The van der Waals surface area contributed by atoms with Crippen molar-refractivity contribution < 1.29 is 5.11 Å². The van der Waals surface area contributed by atoms with Crippen LogP contribution in [0.1, 0.15) is 39.5 Å². The SMILES string of the molecule is CC(C)=CCC/C(C#CCCCCl)=C/CO. The van der Waals surface area contributed by atoms with Crippen LogP contribution in [0.15, 0.2) is 23.3 Å². The summed E-state index contributed by atoms with van der Waals surface area (Å²) >= 11 is 5.57. The number of alkyl halides is 1. The topological polar surface area (TPSA) is 20.2 Å². The Morgan fingerprint density at radius 1 is 1.31 bits per heavy atom. The summed E-state index contributed by atoms with van der Waals surface area (Å²) in [4.78, 5) is 0. The fourth-order valence-electron chi connectivity index (χ4n) is 1.17. The van der Waals surface area contributed by atoms with Crippen molar-refractivity contribution in [3.05, 3.63) is 23.3 Å². The van der Waals surface area contributed by atoms with Gasteiger partial charge in [-0.05, 0) is 39.2 Å². The van der Waals surface area contributed by atoms with E-state index in [2.05, 4.69) is 31.8 Å². The minimum atomic E-state index is 0.0638. The van der Waals surface area contributed by atoms with Gasteiger partial charge in [0.25, 0.3) is 0 Å². The molecule has 0 bridgehead atoms. The number of unbranched alkanes of at least 4 members (excludes halogenated alkanes) is 1. The molecule has 0 amide bonds. The first-order chi connectivity index (χ1) is 7.70. The van der Waals surface area contributed by atoms with Gasteiger partial charge < -0.3 is 5.11 Å². The van der Waals surface area contributed by atoms with E-state index in [4.69, 9.17) is 16.7 Å². The van der Waals surface area contributed by atoms with E-state index < -0.39 is 0 Å². The van der Waals surface area contributed by atoms with Crippen LogP contribution < -0.4 is 0 Å². The molecule has 0 aliphatic heterocycles. The molecule has 0 atom stereocenters. The predicted octanol–water partition coefficient (Wildman–Crippen LogP) is 3.67. The largest absolute Gasteiger partial charge is 0.392 e. The van der Waals surface area contributed by atoms with Gasteiger partial charge in [-0.2, -0.15) is 0 Å².